The van der Waals surface area contributed by atoms with Gasteiger partial charge in [0, 0.05) is 12.8 Å². The fraction of sp³-hybridized carbons (Fsp3) is 0.935. The molecule has 1 atom stereocenters. The molecule has 0 bridgehead atoms. The van der Waals surface area contributed by atoms with Gasteiger partial charge in [0.2, 0.25) is 0 Å². The molecule has 0 amide bonds. The summed E-state index contributed by atoms with van der Waals surface area (Å²) in [5.41, 5.74) is 0. The van der Waals surface area contributed by atoms with Crippen molar-refractivity contribution < 1.29 is 19.4 Å². The lowest BCUT2D eigenvalue weighted by atomic mass is 10.0. The molecule has 0 radical (unpaired) electrons. The Bertz CT molecular complexity index is 463. The van der Waals surface area contributed by atoms with Gasteiger partial charge < -0.3 is 9.84 Å². The molecular formula is C31H60O4. The van der Waals surface area contributed by atoms with Gasteiger partial charge in [0.1, 0.15) is 6.10 Å². The number of carbonyl (C=O) groups is 2. The van der Waals surface area contributed by atoms with Crippen LogP contribution in [-0.4, -0.2) is 23.1 Å². The molecule has 0 aromatic carbocycles. The van der Waals surface area contributed by atoms with E-state index in [1.54, 1.807) is 0 Å². The van der Waals surface area contributed by atoms with Crippen LogP contribution in [0.2, 0.25) is 0 Å². The summed E-state index contributed by atoms with van der Waals surface area (Å²) in [6.07, 6.45) is 30.0. The van der Waals surface area contributed by atoms with Crippen molar-refractivity contribution >= 4 is 11.9 Å². The minimum absolute atomic E-state index is 0.0183. The zero-order valence-corrected chi connectivity index (χ0v) is 23.6. The first kappa shape index (κ1) is 33.9. The maximum atomic E-state index is 12.2. The van der Waals surface area contributed by atoms with Crippen LogP contribution < -0.4 is 0 Å². The second-order valence-corrected chi connectivity index (χ2v) is 10.7. The Balaban J connectivity index is 3.85. The third-order valence-corrected chi connectivity index (χ3v) is 7.08. The molecule has 0 spiro atoms. The zero-order valence-electron chi connectivity index (χ0n) is 23.6. The quantitative estimate of drug-likeness (QED) is 0.0864. The maximum absolute atomic E-state index is 12.2. The van der Waals surface area contributed by atoms with E-state index < -0.39 is 5.97 Å². The van der Waals surface area contributed by atoms with Crippen LogP contribution in [0, 0.1) is 0 Å². The molecule has 0 heterocycles. The number of hydrogen-bond donors (Lipinski definition) is 1. The van der Waals surface area contributed by atoms with Crippen LogP contribution in [0.15, 0.2) is 0 Å². The van der Waals surface area contributed by atoms with Crippen LogP contribution in [0.5, 0.6) is 0 Å². The Kier molecular flexibility index (Phi) is 26.7. The maximum Gasteiger partial charge on any atom is 0.306 e. The van der Waals surface area contributed by atoms with Gasteiger partial charge in [-0.3, -0.25) is 9.59 Å². The second-order valence-electron chi connectivity index (χ2n) is 10.7. The van der Waals surface area contributed by atoms with Gasteiger partial charge in [-0.1, -0.05) is 129 Å². The van der Waals surface area contributed by atoms with E-state index in [1.165, 1.54) is 83.5 Å². The molecule has 1 N–H and O–H groups in total. The summed E-state index contributed by atoms with van der Waals surface area (Å²) in [6, 6.07) is 0. The summed E-state index contributed by atoms with van der Waals surface area (Å²) in [6.45, 7) is 4.43. The van der Waals surface area contributed by atoms with Gasteiger partial charge in [-0.05, 0) is 38.5 Å². The lowest BCUT2D eigenvalue weighted by molar-refractivity contribution is -0.150. The third-order valence-electron chi connectivity index (χ3n) is 7.08. The van der Waals surface area contributed by atoms with E-state index in [1.807, 2.05) is 0 Å². The van der Waals surface area contributed by atoms with Crippen molar-refractivity contribution in [1.29, 1.82) is 0 Å². The van der Waals surface area contributed by atoms with Crippen molar-refractivity contribution in [2.24, 2.45) is 0 Å². The van der Waals surface area contributed by atoms with E-state index >= 15 is 0 Å². The lowest BCUT2D eigenvalue weighted by Crippen LogP contribution is -2.18. The Morgan fingerprint density at radius 3 is 1.29 bits per heavy atom. The zero-order chi connectivity index (χ0) is 25.8. The number of carboxylic acids is 1. The number of carbonyl (C=O) groups excluding carboxylic acids is 1. The van der Waals surface area contributed by atoms with E-state index in [9.17, 15) is 9.59 Å². The average Bonchev–Trinajstić information content (AvgIpc) is 2.83. The van der Waals surface area contributed by atoms with Gasteiger partial charge >= 0.3 is 11.9 Å². The van der Waals surface area contributed by atoms with Crippen molar-refractivity contribution in [2.45, 2.75) is 187 Å². The van der Waals surface area contributed by atoms with Gasteiger partial charge in [0.25, 0.3) is 0 Å². The van der Waals surface area contributed by atoms with Crippen molar-refractivity contribution in [1.82, 2.24) is 0 Å². The number of rotatable bonds is 28. The molecule has 208 valence electrons. The molecule has 0 aliphatic rings. The largest absolute Gasteiger partial charge is 0.481 e. The average molecular weight is 497 g/mol. The predicted molar refractivity (Wildman–Crippen MR) is 149 cm³/mol. The highest BCUT2D eigenvalue weighted by Gasteiger charge is 2.14. The summed E-state index contributed by atoms with van der Waals surface area (Å²) in [7, 11) is 0. The molecule has 4 nitrogen and oxygen atoms in total. The van der Waals surface area contributed by atoms with Crippen molar-refractivity contribution in [2.75, 3.05) is 0 Å². The van der Waals surface area contributed by atoms with Crippen molar-refractivity contribution in [3.63, 3.8) is 0 Å². The Morgan fingerprint density at radius 1 is 0.514 bits per heavy atom. The number of unbranched alkanes of at least 4 members (excludes halogenated alkanes) is 19. The molecule has 35 heavy (non-hydrogen) atoms. The number of ether oxygens (including phenoxy) is 1. The Morgan fingerprint density at radius 2 is 0.857 bits per heavy atom. The highest BCUT2D eigenvalue weighted by atomic mass is 16.5. The Labute approximate surface area is 218 Å². The van der Waals surface area contributed by atoms with Crippen LogP contribution in [0.4, 0.5) is 0 Å². The summed E-state index contributed by atoms with van der Waals surface area (Å²) >= 11 is 0. The molecule has 0 saturated carbocycles. The topological polar surface area (TPSA) is 63.6 Å². The van der Waals surface area contributed by atoms with Gasteiger partial charge in [-0.25, -0.2) is 0 Å². The molecule has 0 aromatic heterocycles. The third kappa shape index (κ3) is 27.4. The number of aliphatic carboxylic acids is 1. The summed E-state index contributed by atoms with van der Waals surface area (Å²) < 4.78 is 5.85. The van der Waals surface area contributed by atoms with Gasteiger partial charge in [-0.2, -0.15) is 0 Å². The van der Waals surface area contributed by atoms with E-state index in [-0.39, 0.29) is 18.5 Å². The minimum Gasteiger partial charge on any atom is -0.481 e. The second kappa shape index (κ2) is 27.5. The van der Waals surface area contributed by atoms with Crippen molar-refractivity contribution in [3.8, 4) is 0 Å². The molecule has 0 aliphatic carbocycles. The number of esters is 1. The molecule has 0 aromatic rings. The van der Waals surface area contributed by atoms with Crippen molar-refractivity contribution in [3.05, 3.63) is 0 Å². The van der Waals surface area contributed by atoms with E-state index in [0.717, 1.165) is 70.6 Å². The normalized spacial score (nSPS) is 12.1. The molecule has 0 fully saturated rings. The minimum atomic E-state index is -0.701. The molecule has 0 rings (SSSR count). The fourth-order valence-corrected chi connectivity index (χ4v) is 4.77. The van der Waals surface area contributed by atoms with Crippen LogP contribution >= 0.6 is 0 Å². The predicted octanol–water partition coefficient (Wildman–Crippen LogP) is 10.2. The highest BCUT2D eigenvalue weighted by molar-refractivity contribution is 5.69. The monoisotopic (exact) mass is 496 g/mol. The molecule has 0 saturated heterocycles. The molecule has 4 heteroatoms. The standard InChI is InChI=1S/C31H60O4/c1-3-5-7-8-9-10-11-12-13-14-15-16-18-22-25-29(35-31(34)28-21-6-4-2)26-23-19-17-20-24-27-30(32)33/h29H,3-28H2,1-2H3,(H,32,33). The molecule has 1 unspecified atom stereocenters. The van der Waals surface area contributed by atoms with Gasteiger partial charge in [0.05, 0.1) is 0 Å². The van der Waals surface area contributed by atoms with Crippen LogP contribution in [-0.2, 0) is 14.3 Å². The van der Waals surface area contributed by atoms with Crippen LogP contribution in [0.1, 0.15) is 181 Å². The molecule has 0 aliphatic heterocycles. The number of carboxylic acid groups (broad SMARTS) is 1. The summed E-state index contributed by atoms with van der Waals surface area (Å²) in [5.74, 6) is -0.719. The van der Waals surface area contributed by atoms with Crippen LogP contribution in [0.3, 0.4) is 0 Å². The number of hydrogen-bond acceptors (Lipinski definition) is 3. The first-order chi connectivity index (χ1) is 17.1. The lowest BCUT2D eigenvalue weighted by Gasteiger charge is -2.18. The van der Waals surface area contributed by atoms with Gasteiger partial charge in [0.15, 0.2) is 0 Å². The van der Waals surface area contributed by atoms with E-state index in [2.05, 4.69) is 13.8 Å². The summed E-state index contributed by atoms with van der Waals surface area (Å²) in [5, 5.41) is 8.73. The smallest absolute Gasteiger partial charge is 0.306 e. The van der Waals surface area contributed by atoms with Gasteiger partial charge in [-0.15, -0.1) is 0 Å². The summed E-state index contributed by atoms with van der Waals surface area (Å²) in [4.78, 5) is 22.8. The highest BCUT2D eigenvalue weighted by Crippen LogP contribution is 2.18. The first-order valence-corrected chi connectivity index (χ1v) is 15.5. The van der Waals surface area contributed by atoms with Crippen LogP contribution in [0.25, 0.3) is 0 Å². The van der Waals surface area contributed by atoms with E-state index in [0.29, 0.717) is 6.42 Å². The fourth-order valence-electron chi connectivity index (χ4n) is 4.77. The first-order valence-electron chi connectivity index (χ1n) is 15.5. The van der Waals surface area contributed by atoms with E-state index in [4.69, 9.17) is 9.84 Å². The Hall–Kier alpha value is -1.06. The SMILES string of the molecule is CCCCCCCCCCCCCCCCC(CCCCCCCC(=O)O)OC(=O)CCCCC. The molecular weight excluding hydrogens is 436 g/mol.